The first-order valence-corrected chi connectivity index (χ1v) is 8.88. The minimum Gasteiger partial charge on any atom is -0.363 e. The lowest BCUT2D eigenvalue weighted by molar-refractivity contribution is -0.144. The molecule has 0 aliphatic carbocycles. The number of carbonyl (C=O) groups is 2. The Labute approximate surface area is 151 Å². The summed E-state index contributed by atoms with van der Waals surface area (Å²) in [6, 6.07) is 5.79. The summed E-state index contributed by atoms with van der Waals surface area (Å²) < 4.78 is 33.1. The Kier molecular flexibility index (Phi) is 5.01. The molecule has 0 radical (unpaired) electrons. The predicted molar refractivity (Wildman–Crippen MR) is 93.1 cm³/mol. The Bertz CT molecular complexity index is 687. The van der Waals surface area contributed by atoms with Crippen molar-refractivity contribution in [1.82, 2.24) is 4.90 Å². The normalized spacial score (nSPS) is 24.7. The van der Waals surface area contributed by atoms with Crippen molar-refractivity contribution in [1.29, 1.82) is 0 Å². The molecule has 1 aromatic carbocycles. The molecule has 3 rings (SSSR count). The molecule has 142 valence electrons. The first-order chi connectivity index (χ1) is 12.2. The van der Waals surface area contributed by atoms with Gasteiger partial charge in [-0.1, -0.05) is 0 Å². The van der Waals surface area contributed by atoms with Crippen molar-refractivity contribution in [2.75, 3.05) is 31.1 Å². The lowest BCUT2D eigenvalue weighted by Gasteiger charge is -2.42. The molecular formula is C19H24F2N2O3. The number of nitrogens with zero attached hydrogens (tertiary/aromatic N) is 2. The number of halogens is 2. The van der Waals surface area contributed by atoms with E-state index < -0.39 is 17.2 Å². The van der Waals surface area contributed by atoms with Gasteiger partial charge in [-0.15, -0.1) is 0 Å². The zero-order chi connectivity index (χ0) is 18.9. The number of rotatable bonds is 2. The Hall–Kier alpha value is -2.02. The third kappa shape index (κ3) is 3.87. The number of morpholine rings is 1. The van der Waals surface area contributed by atoms with Crippen molar-refractivity contribution < 1.29 is 23.1 Å². The third-order valence-corrected chi connectivity index (χ3v) is 5.08. The van der Waals surface area contributed by atoms with Gasteiger partial charge in [-0.05, 0) is 57.4 Å². The number of carbonyl (C=O) groups excluding carboxylic acids is 2. The van der Waals surface area contributed by atoms with Crippen molar-refractivity contribution >= 4 is 17.5 Å². The second-order valence-electron chi connectivity index (χ2n) is 7.55. The zero-order valence-electron chi connectivity index (χ0n) is 15.1. The van der Waals surface area contributed by atoms with Crippen molar-refractivity contribution in [3.63, 3.8) is 0 Å². The second kappa shape index (κ2) is 6.95. The van der Waals surface area contributed by atoms with Crippen LogP contribution < -0.4 is 4.90 Å². The van der Waals surface area contributed by atoms with E-state index in [2.05, 4.69) is 0 Å². The number of hydrogen-bond acceptors (Lipinski definition) is 3. The maximum absolute atomic E-state index is 14.0. The maximum atomic E-state index is 14.0. The lowest BCUT2D eigenvalue weighted by Crippen LogP contribution is -2.55. The number of likely N-dealkylation sites (tertiary alicyclic amines) is 1. The van der Waals surface area contributed by atoms with E-state index in [1.165, 1.54) is 30.9 Å². The predicted octanol–water partition coefficient (Wildman–Crippen LogP) is 2.69. The van der Waals surface area contributed by atoms with Gasteiger partial charge < -0.3 is 14.5 Å². The van der Waals surface area contributed by atoms with Crippen LogP contribution in [0.2, 0.25) is 0 Å². The average Bonchev–Trinajstić information content (AvgIpc) is 2.79. The molecule has 2 amide bonds. The van der Waals surface area contributed by atoms with Gasteiger partial charge in [0.1, 0.15) is 12.4 Å². The highest BCUT2D eigenvalue weighted by molar-refractivity contribution is 5.95. The molecular weight excluding hydrogens is 342 g/mol. The van der Waals surface area contributed by atoms with E-state index in [1.807, 2.05) is 0 Å². The molecule has 2 fully saturated rings. The molecule has 0 N–H and O–H groups in total. The molecule has 1 aromatic rings. The molecule has 0 aromatic heterocycles. The van der Waals surface area contributed by atoms with Crippen molar-refractivity contribution in [3.8, 4) is 0 Å². The summed E-state index contributed by atoms with van der Waals surface area (Å²) >= 11 is 0. The van der Waals surface area contributed by atoms with E-state index in [9.17, 15) is 18.4 Å². The molecule has 1 spiro atoms. The van der Waals surface area contributed by atoms with Crippen LogP contribution in [0.25, 0.3) is 0 Å². The average molecular weight is 366 g/mol. The monoisotopic (exact) mass is 366 g/mol. The van der Waals surface area contributed by atoms with Crippen LogP contribution in [0.4, 0.5) is 14.5 Å². The van der Waals surface area contributed by atoms with Gasteiger partial charge in [0.25, 0.3) is 11.8 Å². The van der Waals surface area contributed by atoms with Crippen LogP contribution in [0.5, 0.6) is 0 Å². The molecule has 2 aliphatic rings. The number of anilines is 1. The van der Waals surface area contributed by atoms with E-state index in [-0.39, 0.29) is 18.3 Å². The van der Waals surface area contributed by atoms with Gasteiger partial charge in [0.15, 0.2) is 5.67 Å². The molecule has 1 unspecified atom stereocenters. The first-order valence-electron chi connectivity index (χ1n) is 8.88. The van der Waals surface area contributed by atoms with E-state index in [4.69, 9.17) is 4.74 Å². The fraction of sp³-hybridized carbons (Fsp3) is 0.579. The summed E-state index contributed by atoms with van der Waals surface area (Å²) in [5.41, 5.74) is -1.85. The zero-order valence-corrected chi connectivity index (χ0v) is 15.1. The molecule has 2 saturated heterocycles. The summed E-state index contributed by atoms with van der Waals surface area (Å²) in [4.78, 5) is 27.7. The van der Waals surface area contributed by atoms with Gasteiger partial charge in [-0.3, -0.25) is 9.59 Å². The van der Waals surface area contributed by atoms with Gasteiger partial charge in [0, 0.05) is 18.8 Å². The summed E-state index contributed by atoms with van der Waals surface area (Å²) in [6.45, 7) is 3.68. The van der Waals surface area contributed by atoms with Crippen LogP contribution in [0.3, 0.4) is 0 Å². The van der Waals surface area contributed by atoms with Crippen LogP contribution >= 0.6 is 0 Å². The van der Waals surface area contributed by atoms with E-state index in [0.29, 0.717) is 44.6 Å². The van der Waals surface area contributed by atoms with E-state index in [1.54, 1.807) is 17.0 Å². The van der Waals surface area contributed by atoms with E-state index >= 15 is 0 Å². The standard InChI is InChI=1S/C19H24F2N2O3/c1-18(2,21)17(25)22-10-3-8-19(9-11-22)13-23(16(24)12-26-19)15-6-4-14(20)5-7-15/h4-7H,3,8-13H2,1-2H3. The van der Waals surface area contributed by atoms with Crippen molar-refractivity contribution in [3.05, 3.63) is 30.1 Å². The molecule has 0 bridgehead atoms. The van der Waals surface area contributed by atoms with Crippen LogP contribution in [-0.2, 0) is 14.3 Å². The highest BCUT2D eigenvalue weighted by Gasteiger charge is 2.43. The van der Waals surface area contributed by atoms with Gasteiger partial charge in [0.05, 0.1) is 12.1 Å². The Morgan fingerprint density at radius 1 is 1.19 bits per heavy atom. The lowest BCUT2D eigenvalue weighted by atomic mass is 9.92. The molecule has 0 saturated carbocycles. The summed E-state index contributed by atoms with van der Waals surface area (Å²) in [6.07, 6.45) is 1.88. The molecule has 26 heavy (non-hydrogen) atoms. The summed E-state index contributed by atoms with van der Waals surface area (Å²) in [5.74, 6) is -1.05. The Morgan fingerprint density at radius 2 is 1.88 bits per heavy atom. The highest BCUT2D eigenvalue weighted by atomic mass is 19.1. The number of hydrogen-bond donors (Lipinski definition) is 0. The highest BCUT2D eigenvalue weighted by Crippen LogP contribution is 2.33. The molecule has 2 heterocycles. The third-order valence-electron chi connectivity index (χ3n) is 5.08. The summed E-state index contributed by atoms with van der Waals surface area (Å²) in [5, 5.41) is 0. The minimum absolute atomic E-state index is 0.0556. The van der Waals surface area contributed by atoms with Crippen molar-refractivity contribution in [2.45, 2.75) is 44.4 Å². The minimum atomic E-state index is -1.90. The SMILES string of the molecule is CC(C)(F)C(=O)N1CCCC2(CC1)CN(c1ccc(F)cc1)C(=O)CO2. The van der Waals surface area contributed by atoms with Gasteiger partial charge in [0.2, 0.25) is 0 Å². The fourth-order valence-corrected chi connectivity index (χ4v) is 3.62. The van der Waals surface area contributed by atoms with E-state index in [0.717, 1.165) is 0 Å². The Morgan fingerprint density at radius 3 is 2.54 bits per heavy atom. The molecule has 1 atom stereocenters. The van der Waals surface area contributed by atoms with Crippen molar-refractivity contribution in [2.24, 2.45) is 0 Å². The number of benzene rings is 1. The first kappa shape index (κ1) is 18.8. The van der Waals surface area contributed by atoms with Crippen LogP contribution in [0.15, 0.2) is 24.3 Å². The fourth-order valence-electron chi connectivity index (χ4n) is 3.62. The quantitative estimate of drug-likeness (QED) is 0.809. The molecule has 5 nitrogen and oxygen atoms in total. The number of amides is 2. The van der Waals surface area contributed by atoms with Gasteiger partial charge in [-0.2, -0.15) is 0 Å². The largest absolute Gasteiger partial charge is 0.363 e. The number of alkyl halides is 1. The second-order valence-corrected chi connectivity index (χ2v) is 7.55. The van der Waals surface area contributed by atoms with Gasteiger partial charge in [-0.25, -0.2) is 8.78 Å². The van der Waals surface area contributed by atoms with Gasteiger partial charge >= 0.3 is 0 Å². The molecule has 7 heteroatoms. The molecule has 2 aliphatic heterocycles. The van der Waals surface area contributed by atoms with Crippen LogP contribution in [0.1, 0.15) is 33.1 Å². The smallest absolute Gasteiger partial charge is 0.259 e. The number of ether oxygens (including phenoxy) is 1. The topological polar surface area (TPSA) is 49.9 Å². The van der Waals surface area contributed by atoms with Crippen LogP contribution in [0, 0.1) is 5.82 Å². The Balaban J connectivity index is 1.74. The van der Waals surface area contributed by atoms with Crippen LogP contribution in [-0.4, -0.2) is 54.2 Å². The summed E-state index contributed by atoms with van der Waals surface area (Å²) in [7, 11) is 0. The maximum Gasteiger partial charge on any atom is 0.259 e.